The van der Waals surface area contributed by atoms with E-state index >= 15 is 0 Å². The number of amides is 1. The maximum absolute atomic E-state index is 12.1. The molecule has 1 aromatic rings. The highest BCUT2D eigenvalue weighted by Crippen LogP contribution is 2.37. The first kappa shape index (κ1) is 15.5. The number of carbonyl (C=O) groups is 1. The molecule has 4 heteroatoms. The van der Waals surface area contributed by atoms with Crippen LogP contribution in [-0.2, 0) is 10.4 Å². The maximum atomic E-state index is 12.1. The summed E-state index contributed by atoms with van der Waals surface area (Å²) in [5.41, 5.74) is 0.131. The zero-order chi connectivity index (χ0) is 15.6. The third-order valence-electron chi connectivity index (χ3n) is 5.22. The Morgan fingerprint density at radius 1 is 1.23 bits per heavy atom. The smallest absolute Gasteiger partial charge is 0.222 e. The maximum Gasteiger partial charge on any atom is 0.222 e. The van der Waals surface area contributed by atoms with Gasteiger partial charge in [-0.3, -0.25) is 9.69 Å². The number of likely N-dealkylation sites (tertiary alicyclic amines) is 2. The van der Waals surface area contributed by atoms with E-state index in [1.807, 2.05) is 42.2 Å². The molecule has 0 aliphatic carbocycles. The van der Waals surface area contributed by atoms with Gasteiger partial charge in [0.2, 0.25) is 5.91 Å². The fourth-order valence-corrected chi connectivity index (χ4v) is 3.91. The molecule has 0 saturated carbocycles. The Morgan fingerprint density at radius 2 is 1.91 bits per heavy atom. The molecule has 1 aromatic carbocycles. The Morgan fingerprint density at radius 3 is 2.55 bits per heavy atom. The molecule has 120 valence electrons. The first-order chi connectivity index (χ1) is 10.6. The normalized spacial score (nSPS) is 29.7. The quantitative estimate of drug-likeness (QED) is 0.928. The van der Waals surface area contributed by atoms with Crippen molar-refractivity contribution in [2.75, 3.05) is 26.2 Å². The Balaban J connectivity index is 1.89. The van der Waals surface area contributed by atoms with Crippen molar-refractivity contribution in [1.82, 2.24) is 9.80 Å². The molecule has 1 amide bonds. The number of rotatable bonds is 3. The topological polar surface area (TPSA) is 43.8 Å². The van der Waals surface area contributed by atoms with Gasteiger partial charge in [-0.25, -0.2) is 0 Å². The van der Waals surface area contributed by atoms with Gasteiger partial charge in [-0.05, 0) is 37.9 Å². The molecule has 2 aliphatic rings. The van der Waals surface area contributed by atoms with Crippen molar-refractivity contribution in [3.63, 3.8) is 0 Å². The predicted octanol–water partition coefficient (Wildman–Crippen LogP) is 1.98. The Bertz CT molecular complexity index is 513. The number of hydrogen-bond donors (Lipinski definition) is 1. The molecule has 0 aromatic heterocycles. The van der Waals surface area contributed by atoms with Crippen molar-refractivity contribution in [2.24, 2.45) is 0 Å². The molecule has 2 heterocycles. The van der Waals surface area contributed by atoms with E-state index in [0.29, 0.717) is 25.9 Å². The van der Waals surface area contributed by atoms with Gasteiger partial charge >= 0.3 is 0 Å². The van der Waals surface area contributed by atoms with Gasteiger partial charge in [0.25, 0.3) is 0 Å². The summed E-state index contributed by atoms with van der Waals surface area (Å²) in [7, 11) is 0. The molecule has 0 bridgehead atoms. The molecule has 0 radical (unpaired) electrons. The van der Waals surface area contributed by atoms with Gasteiger partial charge in [-0.15, -0.1) is 0 Å². The molecule has 0 spiro atoms. The summed E-state index contributed by atoms with van der Waals surface area (Å²) < 4.78 is 0. The van der Waals surface area contributed by atoms with Crippen LogP contribution in [0.15, 0.2) is 30.3 Å². The molecule has 2 saturated heterocycles. The first-order valence-electron chi connectivity index (χ1n) is 8.45. The summed E-state index contributed by atoms with van der Waals surface area (Å²) in [6.07, 6.45) is 3.52. The van der Waals surface area contributed by atoms with Crippen LogP contribution in [0.1, 0.15) is 38.2 Å². The summed E-state index contributed by atoms with van der Waals surface area (Å²) >= 11 is 0. The monoisotopic (exact) mass is 302 g/mol. The SMILES string of the molecule is CCC(=O)N1CC[C@](O)(c2ccccc2)[C@H](N2CCCC2)C1. The average Bonchev–Trinajstić information content (AvgIpc) is 3.09. The van der Waals surface area contributed by atoms with E-state index in [1.165, 1.54) is 12.8 Å². The molecular weight excluding hydrogens is 276 g/mol. The van der Waals surface area contributed by atoms with E-state index in [4.69, 9.17) is 0 Å². The van der Waals surface area contributed by atoms with Crippen LogP contribution in [0.3, 0.4) is 0 Å². The number of carbonyl (C=O) groups excluding carboxylic acids is 1. The minimum absolute atomic E-state index is 0.00153. The van der Waals surface area contributed by atoms with Crippen LogP contribution in [0.25, 0.3) is 0 Å². The van der Waals surface area contributed by atoms with Gasteiger partial charge in [-0.2, -0.15) is 0 Å². The van der Waals surface area contributed by atoms with Gasteiger partial charge in [-0.1, -0.05) is 37.3 Å². The fraction of sp³-hybridized carbons (Fsp3) is 0.611. The highest BCUT2D eigenvalue weighted by atomic mass is 16.3. The largest absolute Gasteiger partial charge is 0.383 e. The van der Waals surface area contributed by atoms with Crippen LogP contribution < -0.4 is 0 Å². The van der Waals surface area contributed by atoms with Gasteiger partial charge in [0.1, 0.15) is 5.60 Å². The lowest BCUT2D eigenvalue weighted by atomic mass is 9.79. The molecular formula is C18H26N2O2. The third-order valence-corrected chi connectivity index (χ3v) is 5.22. The molecule has 1 N–H and O–H groups in total. The standard InChI is InChI=1S/C18H26N2O2/c1-2-17(21)20-13-10-18(22,15-8-4-3-5-9-15)16(14-20)19-11-6-7-12-19/h3-5,8-9,16,22H,2,6-7,10-14H2,1H3/t16-,18+/m1/s1. The lowest BCUT2D eigenvalue weighted by molar-refractivity contribution is -0.142. The summed E-state index contributed by atoms with van der Waals surface area (Å²) in [6, 6.07) is 9.98. The first-order valence-corrected chi connectivity index (χ1v) is 8.45. The number of piperidine rings is 1. The summed E-state index contributed by atoms with van der Waals surface area (Å²) in [4.78, 5) is 16.4. The van der Waals surface area contributed by atoms with E-state index in [0.717, 1.165) is 18.7 Å². The van der Waals surface area contributed by atoms with Crippen LogP contribution in [0.4, 0.5) is 0 Å². The van der Waals surface area contributed by atoms with Gasteiger partial charge in [0.15, 0.2) is 0 Å². The van der Waals surface area contributed by atoms with Crippen molar-refractivity contribution in [3.05, 3.63) is 35.9 Å². The van der Waals surface area contributed by atoms with Crippen LogP contribution in [0.5, 0.6) is 0 Å². The van der Waals surface area contributed by atoms with E-state index in [1.54, 1.807) is 0 Å². The molecule has 2 fully saturated rings. The Hall–Kier alpha value is -1.39. The van der Waals surface area contributed by atoms with Gasteiger partial charge < -0.3 is 10.0 Å². The van der Waals surface area contributed by atoms with Crippen LogP contribution in [0.2, 0.25) is 0 Å². The zero-order valence-electron chi connectivity index (χ0n) is 13.4. The fourth-order valence-electron chi connectivity index (χ4n) is 3.91. The van der Waals surface area contributed by atoms with E-state index in [-0.39, 0.29) is 11.9 Å². The number of nitrogens with zero attached hydrogens (tertiary/aromatic N) is 2. The van der Waals surface area contributed by atoms with E-state index in [9.17, 15) is 9.90 Å². The number of aliphatic hydroxyl groups is 1. The van der Waals surface area contributed by atoms with Crippen LogP contribution >= 0.6 is 0 Å². The lowest BCUT2D eigenvalue weighted by Gasteiger charge is -2.48. The molecule has 3 rings (SSSR count). The summed E-state index contributed by atoms with van der Waals surface area (Å²) in [6.45, 7) is 5.23. The molecule has 22 heavy (non-hydrogen) atoms. The van der Waals surface area contributed by atoms with Gasteiger partial charge in [0.05, 0.1) is 6.04 Å². The van der Waals surface area contributed by atoms with Crippen molar-refractivity contribution >= 4 is 5.91 Å². The second kappa shape index (κ2) is 6.39. The predicted molar refractivity (Wildman–Crippen MR) is 86.4 cm³/mol. The third kappa shape index (κ3) is 2.77. The van der Waals surface area contributed by atoms with Crippen molar-refractivity contribution in [1.29, 1.82) is 0 Å². The van der Waals surface area contributed by atoms with Gasteiger partial charge in [0, 0.05) is 19.5 Å². The molecule has 4 nitrogen and oxygen atoms in total. The second-order valence-electron chi connectivity index (χ2n) is 6.49. The average molecular weight is 302 g/mol. The highest BCUT2D eigenvalue weighted by Gasteiger charge is 2.46. The van der Waals surface area contributed by atoms with Crippen LogP contribution in [-0.4, -0.2) is 53.0 Å². The summed E-state index contributed by atoms with van der Waals surface area (Å²) in [5, 5.41) is 11.5. The Kier molecular flexibility index (Phi) is 4.50. The van der Waals surface area contributed by atoms with Crippen molar-refractivity contribution in [2.45, 2.75) is 44.2 Å². The minimum Gasteiger partial charge on any atom is -0.383 e. The Labute approximate surface area is 132 Å². The number of benzene rings is 1. The van der Waals surface area contributed by atoms with E-state index < -0.39 is 5.60 Å². The molecule has 0 unspecified atom stereocenters. The number of hydrogen-bond acceptors (Lipinski definition) is 3. The second-order valence-corrected chi connectivity index (χ2v) is 6.49. The van der Waals surface area contributed by atoms with Crippen molar-refractivity contribution in [3.8, 4) is 0 Å². The van der Waals surface area contributed by atoms with Crippen LogP contribution in [0, 0.1) is 0 Å². The van der Waals surface area contributed by atoms with Crippen molar-refractivity contribution < 1.29 is 9.90 Å². The highest BCUT2D eigenvalue weighted by molar-refractivity contribution is 5.76. The molecule has 2 atom stereocenters. The van der Waals surface area contributed by atoms with E-state index in [2.05, 4.69) is 4.90 Å². The molecule has 2 aliphatic heterocycles. The lowest BCUT2D eigenvalue weighted by Crippen LogP contribution is -2.61. The summed E-state index contributed by atoms with van der Waals surface area (Å²) in [5.74, 6) is 0.194. The minimum atomic E-state index is -0.851. The zero-order valence-corrected chi connectivity index (χ0v) is 13.4.